The molecule has 0 atom stereocenters. The van der Waals surface area contributed by atoms with E-state index in [1.165, 1.54) is 12.1 Å². The van der Waals surface area contributed by atoms with Crippen molar-refractivity contribution in [1.29, 1.82) is 0 Å². The van der Waals surface area contributed by atoms with E-state index in [0.717, 1.165) is 6.07 Å². The van der Waals surface area contributed by atoms with Crippen LogP contribution >= 0.6 is 0 Å². The molecule has 0 radical (unpaired) electrons. The van der Waals surface area contributed by atoms with Crippen molar-refractivity contribution in [3.8, 4) is 5.75 Å². The largest absolute Gasteiger partial charge is 0.491 e. The van der Waals surface area contributed by atoms with Crippen LogP contribution in [0.5, 0.6) is 5.75 Å². The van der Waals surface area contributed by atoms with Gasteiger partial charge < -0.3 is 14.8 Å². The Kier molecular flexibility index (Phi) is 3.28. The molecule has 70 valence electrons. The molecule has 1 rings (SSSR count). The summed E-state index contributed by atoms with van der Waals surface area (Å²) in [6, 6.07) is 3.81. The maximum absolute atomic E-state index is 13.1. The third kappa shape index (κ3) is 2.43. The molecule has 1 aromatic rings. The maximum Gasteiger partial charge on any atom is 0.488 e. The summed E-state index contributed by atoms with van der Waals surface area (Å²) in [6.45, 7) is 2.12. The van der Waals surface area contributed by atoms with Crippen molar-refractivity contribution in [2.24, 2.45) is 0 Å². The minimum Gasteiger partial charge on any atom is -0.491 e. The third-order valence-electron chi connectivity index (χ3n) is 1.55. The van der Waals surface area contributed by atoms with Crippen molar-refractivity contribution < 1.29 is 19.2 Å². The molecule has 0 aliphatic heterocycles. The lowest BCUT2D eigenvalue weighted by Crippen LogP contribution is -2.29. The van der Waals surface area contributed by atoms with Crippen LogP contribution in [0.2, 0.25) is 0 Å². The molecule has 13 heavy (non-hydrogen) atoms. The molecule has 0 saturated heterocycles. The van der Waals surface area contributed by atoms with Gasteiger partial charge >= 0.3 is 7.12 Å². The van der Waals surface area contributed by atoms with Crippen LogP contribution in [0, 0.1) is 5.82 Å². The van der Waals surface area contributed by atoms with Crippen LogP contribution < -0.4 is 10.2 Å². The summed E-state index contributed by atoms with van der Waals surface area (Å²) >= 11 is 0. The fourth-order valence-corrected chi connectivity index (χ4v) is 0.950. The smallest absolute Gasteiger partial charge is 0.488 e. The van der Waals surface area contributed by atoms with Gasteiger partial charge in [-0.25, -0.2) is 4.39 Å². The Morgan fingerprint density at radius 3 is 2.62 bits per heavy atom. The SMILES string of the molecule is CCOc1ccc(B(O)O)cc1F. The number of halogens is 1. The average Bonchev–Trinajstić information content (AvgIpc) is 2.08. The minimum atomic E-state index is -1.65. The summed E-state index contributed by atoms with van der Waals surface area (Å²) in [5.41, 5.74) is 0.112. The Hall–Kier alpha value is -1.07. The highest BCUT2D eigenvalue weighted by Crippen LogP contribution is 2.14. The zero-order valence-corrected chi connectivity index (χ0v) is 7.20. The zero-order valence-electron chi connectivity index (χ0n) is 7.20. The van der Waals surface area contributed by atoms with Crippen LogP contribution in [-0.2, 0) is 0 Å². The Morgan fingerprint density at radius 1 is 1.46 bits per heavy atom. The average molecular weight is 184 g/mol. The molecule has 0 aliphatic rings. The van der Waals surface area contributed by atoms with E-state index >= 15 is 0 Å². The van der Waals surface area contributed by atoms with Gasteiger partial charge in [-0.2, -0.15) is 0 Å². The van der Waals surface area contributed by atoms with Gasteiger partial charge in [-0.15, -0.1) is 0 Å². The lowest BCUT2D eigenvalue weighted by Gasteiger charge is -2.05. The lowest BCUT2D eigenvalue weighted by atomic mass is 9.80. The van der Waals surface area contributed by atoms with Crippen LogP contribution in [0.25, 0.3) is 0 Å². The third-order valence-corrected chi connectivity index (χ3v) is 1.55. The highest BCUT2D eigenvalue weighted by Gasteiger charge is 2.13. The van der Waals surface area contributed by atoms with Gasteiger partial charge in [0.1, 0.15) is 0 Å². The Labute approximate surface area is 75.9 Å². The van der Waals surface area contributed by atoms with Gasteiger partial charge in [-0.05, 0) is 24.5 Å². The second kappa shape index (κ2) is 4.25. The fraction of sp³-hybridized carbons (Fsp3) is 0.250. The summed E-state index contributed by atoms with van der Waals surface area (Å²) in [6.07, 6.45) is 0. The highest BCUT2D eigenvalue weighted by molar-refractivity contribution is 6.58. The van der Waals surface area contributed by atoms with Crippen LogP contribution in [0.15, 0.2) is 18.2 Å². The van der Waals surface area contributed by atoms with E-state index in [9.17, 15) is 4.39 Å². The molecule has 0 aromatic heterocycles. The predicted octanol–water partition coefficient (Wildman–Crippen LogP) is -0.0958. The van der Waals surface area contributed by atoms with E-state index in [0.29, 0.717) is 6.61 Å². The molecule has 0 spiro atoms. The minimum absolute atomic E-state index is 0.112. The van der Waals surface area contributed by atoms with Gasteiger partial charge in [0.05, 0.1) is 6.61 Å². The normalized spacial score (nSPS) is 9.85. The summed E-state index contributed by atoms with van der Waals surface area (Å²) in [4.78, 5) is 0. The van der Waals surface area contributed by atoms with Gasteiger partial charge in [-0.1, -0.05) is 6.07 Å². The first-order valence-corrected chi connectivity index (χ1v) is 3.93. The Balaban J connectivity index is 2.92. The molecular weight excluding hydrogens is 174 g/mol. The molecule has 0 bridgehead atoms. The van der Waals surface area contributed by atoms with Crippen LogP contribution in [0.3, 0.4) is 0 Å². The standard InChI is InChI=1S/C8H10BFO3/c1-2-13-8-4-3-6(9(11)12)5-7(8)10/h3-5,11-12H,2H2,1H3. The van der Waals surface area contributed by atoms with Gasteiger partial charge in [0.15, 0.2) is 11.6 Å². The molecule has 1 aromatic carbocycles. The van der Waals surface area contributed by atoms with Crippen molar-refractivity contribution in [1.82, 2.24) is 0 Å². The van der Waals surface area contributed by atoms with E-state index in [-0.39, 0.29) is 11.2 Å². The number of hydrogen-bond donors (Lipinski definition) is 2. The van der Waals surface area contributed by atoms with Crippen molar-refractivity contribution >= 4 is 12.6 Å². The van der Waals surface area contributed by atoms with E-state index in [4.69, 9.17) is 14.8 Å². The lowest BCUT2D eigenvalue weighted by molar-refractivity contribution is 0.321. The zero-order chi connectivity index (χ0) is 9.84. The first-order valence-electron chi connectivity index (χ1n) is 3.93. The molecule has 5 heteroatoms. The molecule has 0 aliphatic carbocycles. The number of hydrogen-bond acceptors (Lipinski definition) is 3. The molecule has 2 N–H and O–H groups in total. The van der Waals surface area contributed by atoms with Gasteiger partial charge in [0.25, 0.3) is 0 Å². The molecule has 0 saturated carbocycles. The first kappa shape index (κ1) is 10.0. The predicted molar refractivity (Wildman–Crippen MR) is 47.4 cm³/mol. The molecular formula is C8H10BFO3. The van der Waals surface area contributed by atoms with Gasteiger partial charge in [0.2, 0.25) is 0 Å². The summed E-state index contributed by atoms with van der Waals surface area (Å²) in [5.74, 6) is -0.473. The van der Waals surface area contributed by atoms with Gasteiger partial charge in [0, 0.05) is 0 Å². The van der Waals surface area contributed by atoms with Crippen molar-refractivity contribution in [3.05, 3.63) is 24.0 Å². The van der Waals surface area contributed by atoms with Crippen molar-refractivity contribution in [2.45, 2.75) is 6.92 Å². The van der Waals surface area contributed by atoms with E-state index in [1.54, 1.807) is 6.92 Å². The number of ether oxygens (including phenoxy) is 1. The second-order valence-electron chi connectivity index (χ2n) is 2.50. The van der Waals surface area contributed by atoms with Crippen LogP contribution in [0.4, 0.5) is 4.39 Å². The highest BCUT2D eigenvalue weighted by atomic mass is 19.1. The van der Waals surface area contributed by atoms with Crippen molar-refractivity contribution in [3.63, 3.8) is 0 Å². The summed E-state index contributed by atoms with van der Waals surface area (Å²) in [7, 11) is -1.65. The quantitative estimate of drug-likeness (QED) is 0.645. The summed E-state index contributed by atoms with van der Waals surface area (Å²) < 4.78 is 18.0. The van der Waals surface area contributed by atoms with E-state index in [1.807, 2.05) is 0 Å². The van der Waals surface area contributed by atoms with E-state index < -0.39 is 12.9 Å². The second-order valence-corrected chi connectivity index (χ2v) is 2.50. The molecule has 0 amide bonds. The number of rotatable bonds is 3. The van der Waals surface area contributed by atoms with Crippen LogP contribution in [-0.4, -0.2) is 23.8 Å². The topological polar surface area (TPSA) is 49.7 Å². The molecule has 0 unspecified atom stereocenters. The van der Waals surface area contributed by atoms with Gasteiger partial charge in [-0.3, -0.25) is 0 Å². The van der Waals surface area contributed by atoms with Crippen LogP contribution in [0.1, 0.15) is 6.92 Å². The molecule has 3 nitrogen and oxygen atoms in total. The van der Waals surface area contributed by atoms with E-state index in [2.05, 4.69) is 0 Å². The monoisotopic (exact) mass is 184 g/mol. The van der Waals surface area contributed by atoms with Crippen molar-refractivity contribution in [2.75, 3.05) is 6.61 Å². The Morgan fingerprint density at radius 2 is 2.15 bits per heavy atom. The Bertz CT molecular complexity index is 291. The first-order chi connectivity index (χ1) is 6.15. The molecule has 0 heterocycles. The fourth-order valence-electron chi connectivity index (χ4n) is 0.950. The maximum atomic E-state index is 13.1. The number of benzene rings is 1. The molecule has 0 fully saturated rings. The summed E-state index contributed by atoms with van der Waals surface area (Å²) in [5, 5.41) is 17.4.